The van der Waals surface area contributed by atoms with Gasteiger partial charge in [-0.2, -0.15) is 5.10 Å². The first-order chi connectivity index (χ1) is 11.0. The highest BCUT2D eigenvalue weighted by Crippen LogP contribution is 2.13. The molecule has 0 aromatic heterocycles. The summed E-state index contributed by atoms with van der Waals surface area (Å²) in [5, 5.41) is 3.70. The number of hydrogen-bond donors (Lipinski definition) is 1. The molecule has 0 aliphatic carbocycles. The SMILES string of the molecule is C/C(=N/NC(=O)COc1cccc(C)c1)c1c(F)cccc1F. The maximum atomic E-state index is 13.6. The van der Waals surface area contributed by atoms with Crippen molar-refractivity contribution in [1.29, 1.82) is 0 Å². The van der Waals surface area contributed by atoms with Crippen molar-refractivity contribution >= 4 is 11.6 Å². The van der Waals surface area contributed by atoms with Gasteiger partial charge in [-0.25, -0.2) is 14.2 Å². The maximum Gasteiger partial charge on any atom is 0.277 e. The van der Waals surface area contributed by atoms with Crippen LogP contribution in [-0.4, -0.2) is 18.2 Å². The molecule has 120 valence electrons. The van der Waals surface area contributed by atoms with Gasteiger partial charge in [0.2, 0.25) is 0 Å². The van der Waals surface area contributed by atoms with Gasteiger partial charge in [0.05, 0.1) is 11.3 Å². The third kappa shape index (κ3) is 4.60. The first-order valence-electron chi connectivity index (χ1n) is 6.94. The number of aryl methyl sites for hydroxylation is 1. The molecule has 2 aromatic carbocycles. The summed E-state index contributed by atoms with van der Waals surface area (Å²) in [6, 6.07) is 10.7. The van der Waals surface area contributed by atoms with Crippen LogP contribution in [0.4, 0.5) is 8.78 Å². The molecule has 0 saturated heterocycles. The molecule has 0 bridgehead atoms. The van der Waals surface area contributed by atoms with Crippen LogP contribution in [0.1, 0.15) is 18.1 Å². The van der Waals surface area contributed by atoms with Gasteiger partial charge < -0.3 is 4.74 Å². The summed E-state index contributed by atoms with van der Waals surface area (Å²) in [6.07, 6.45) is 0. The van der Waals surface area contributed by atoms with Crippen LogP contribution in [-0.2, 0) is 4.79 Å². The lowest BCUT2D eigenvalue weighted by Gasteiger charge is -2.07. The molecule has 0 saturated carbocycles. The Bertz CT molecular complexity index is 725. The predicted octanol–water partition coefficient (Wildman–Crippen LogP) is 3.19. The second kappa shape index (κ2) is 7.49. The molecule has 0 aliphatic rings. The summed E-state index contributed by atoms with van der Waals surface area (Å²) in [5.41, 5.74) is 2.98. The molecule has 6 heteroatoms. The van der Waals surface area contributed by atoms with Crippen LogP contribution in [0.5, 0.6) is 5.75 Å². The van der Waals surface area contributed by atoms with E-state index in [0.717, 1.165) is 17.7 Å². The van der Waals surface area contributed by atoms with Crippen molar-refractivity contribution in [3.05, 3.63) is 65.2 Å². The van der Waals surface area contributed by atoms with Gasteiger partial charge in [-0.1, -0.05) is 18.2 Å². The van der Waals surface area contributed by atoms with E-state index in [1.165, 1.54) is 13.0 Å². The van der Waals surface area contributed by atoms with E-state index in [1.807, 2.05) is 19.1 Å². The Morgan fingerprint density at radius 2 is 1.83 bits per heavy atom. The molecule has 0 heterocycles. The van der Waals surface area contributed by atoms with E-state index in [2.05, 4.69) is 10.5 Å². The number of benzene rings is 2. The number of nitrogens with zero attached hydrogens (tertiary/aromatic N) is 1. The summed E-state index contributed by atoms with van der Waals surface area (Å²) in [6.45, 7) is 3.06. The zero-order valence-corrected chi connectivity index (χ0v) is 12.8. The molecule has 23 heavy (non-hydrogen) atoms. The van der Waals surface area contributed by atoms with Crippen molar-refractivity contribution in [2.24, 2.45) is 5.10 Å². The molecule has 0 radical (unpaired) electrons. The van der Waals surface area contributed by atoms with E-state index in [0.29, 0.717) is 5.75 Å². The van der Waals surface area contributed by atoms with Crippen LogP contribution in [0.2, 0.25) is 0 Å². The number of carbonyl (C=O) groups excluding carboxylic acids is 1. The quantitative estimate of drug-likeness (QED) is 0.680. The largest absolute Gasteiger partial charge is 0.484 e. The van der Waals surface area contributed by atoms with E-state index >= 15 is 0 Å². The molecule has 1 N–H and O–H groups in total. The van der Waals surface area contributed by atoms with E-state index in [9.17, 15) is 13.6 Å². The van der Waals surface area contributed by atoms with Crippen LogP contribution in [0.25, 0.3) is 0 Å². The third-order valence-electron chi connectivity index (χ3n) is 3.03. The fraction of sp³-hybridized carbons (Fsp3) is 0.176. The van der Waals surface area contributed by atoms with Gasteiger partial charge in [0.25, 0.3) is 5.91 Å². The average Bonchev–Trinajstić information content (AvgIpc) is 2.51. The molecule has 0 spiro atoms. The zero-order valence-electron chi connectivity index (χ0n) is 12.8. The molecule has 0 fully saturated rings. The zero-order chi connectivity index (χ0) is 16.8. The van der Waals surface area contributed by atoms with E-state index in [1.54, 1.807) is 12.1 Å². The standard InChI is InChI=1S/C17H16F2N2O2/c1-11-5-3-6-13(9-11)23-10-16(22)21-20-12(2)17-14(18)7-4-8-15(17)19/h3-9H,10H2,1-2H3,(H,21,22)/b20-12-. The fourth-order valence-corrected chi connectivity index (χ4v) is 1.93. The van der Waals surface area contributed by atoms with Gasteiger partial charge in [-0.3, -0.25) is 4.79 Å². The topological polar surface area (TPSA) is 50.7 Å². The van der Waals surface area contributed by atoms with Gasteiger partial charge >= 0.3 is 0 Å². The molecule has 2 rings (SSSR count). The summed E-state index contributed by atoms with van der Waals surface area (Å²) >= 11 is 0. The number of nitrogens with one attached hydrogen (secondary N) is 1. The van der Waals surface area contributed by atoms with Crippen LogP contribution >= 0.6 is 0 Å². The first-order valence-corrected chi connectivity index (χ1v) is 6.94. The monoisotopic (exact) mass is 318 g/mol. The second-order valence-corrected chi connectivity index (χ2v) is 4.93. The number of ether oxygens (including phenoxy) is 1. The fourth-order valence-electron chi connectivity index (χ4n) is 1.93. The Morgan fingerprint density at radius 1 is 1.17 bits per heavy atom. The second-order valence-electron chi connectivity index (χ2n) is 4.93. The van der Waals surface area contributed by atoms with Crippen LogP contribution in [0.3, 0.4) is 0 Å². The van der Waals surface area contributed by atoms with Crippen LogP contribution < -0.4 is 10.2 Å². The van der Waals surface area contributed by atoms with Gasteiger partial charge in [0, 0.05) is 0 Å². The van der Waals surface area contributed by atoms with Crippen molar-refractivity contribution < 1.29 is 18.3 Å². The van der Waals surface area contributed by atoms with E-state index in [4.69, 9.17) is 4.74 Å². The van der Waals surface area contributed by atoms with Crippen LogP contribution in [0.15, 0.2) is 47.6 Å². The lowest BCUT2D eigenvalue weighted by Crippen LogP contribution is -2.26. The molecule has 0 atom stereocenters. The maximum absolute atomic E-state index is 13.6. The minimum atomic E-state index is -0.739. The molecule has 0 unspecified atom stereocenters. The van der Waals surface area contributed by atoms with E-state index in [-0.39, 0.29) is 17.9 Å². The third-order valence-corrected chi connectivity index (χ3v) is 3.03. The molecular formula is C17H16F2N2O2. The Balaban J connectivity index is 1.95. The minimum absolute atomic E-state index is 0.0319. The number of rotatable bonds is 5. The highest BCUT2D eigenvalue weighted by molar-refractivity contribution is 5.99. The normalized spacial score (nSPS) is 11.2. The van der Waals surface area contributed by atoms with Gasteiger partial charge in [-0.05, 0) is 43.7 Å². The van der Waals surface area contributed by atoms with Crippen molar-refractivity contribution in [3.63, 3.8) is 0 Å². The molecule has 2 aromatic rings. The van der Waals surface area contributed by atoms with Crippen molar-refractivity contribution in [2.45, 2.75) is 13.8 Å². The lowest BCUT2D eigenvalue weighted by molar-refractivity contribution is -0.123. The minimum Gasteiger partial charge on any atom is -0.484 e. The molecular weight excluding hydrogens is 302 g/mol. The van der Waals surface area contributed by atoms with E-state index < -0.39 is 17.5 Å². The number of halogens is 2. The van der Waals surface area contributed by atoms with Gasteiger partial charge in [-0.15, -0.1) is 0 Å². The Labute approximate surface area is 132 Å². The highest BCUT2D eigenvalue weighted by Gasteiger charge is 2.12. The smallest absolute Gasteiger partial charge is 0.277 e. The predicted molar refractivity (Wildman–Crippen MR) is 83.4 cm³/mol. The number of amides is 1. The Hall–Kier alpha value is -2.76. The van der Waals surface area contributed by atoms with Crippen molar-refractivity contribution in [2.75, 3.05) is 6.61 Å². The number of hydrazone groups is 1. The summed E-state index contributed by atoms with van der Waals surface area (Å²) in [5.74, 6) is -1.45. The first kappa shape index (κ1) is 16.6. The summed E-state index contributed by atoms with van der Waals surface area (Å²) in [7, 11) is 0. The Kier molecular flexibility index (Phi) is 5.41. The summed E-state index contributed by atoms with van der Waals surface area (Å²) < 4.78 is 32.5. The van der Waals surface area contributed by atoms with Crippen molar-refractivity contribution in [3.8, 4) is 5.75 Å². The molecule has 0 aliphatic heterocycles. The lowest BCUT2D eigenvalue weighted by atomic mass is 10.1. The molecule has 1 amide bonds. The Morgan fingerprint density at radius 3 is 2.48 bits per heavy atom. The summed E-state index contributed by atoms with van der Waals surface area (Å²) in [4.78, 5) is 11.7. The highest BCUT2D eigenvalue weighted by atomic mass is 19.1. The van der Waals surface area contributed by atoms with Crippen LogP contribution in [0, 0.1) is 18.6 Å². The number of carbonyl (C=O) groups is 1. The van der Waals surface area contributed by atoms with Gasteiger partial charge in [0.15, 0.2) is 6.61 Å². The average molecular weight is 318 g/mol. The van der Waals surface area contributed by atoms with Crippen molar-refractivity contribution in [1.82, 2.24) is 5.43 Å². The van der Waals surface area contributed by atoms with Gasteiger partial charge in [0.1, 0.15) is 17.4 Å². The molecule has 4 nitrogen and oxygen atoms in total. The number of hydrogen-bond acceptors (Lipinski definition) is 3.